The highest BCUT2D eigenvalue weighted by Crippen LogP contribution is 2.50. The number of aliphatic hydroxyl groups is 1. The quantitative estimate of drug-likeness (QED) is 0.372. The van der Waals surface area contributed by atoms with Gasteiger partial charge in [0.1, 0.15) is 5.69 Å². The number of nitrogens with one attached hydrogen (secondary N) is 2. The van der Waals surface area contributed by atoms with E-state index in [0.717, 1.165) is 18.4 Å². The molecule has 2 amide bonds. The maximum atomic E-state index is 13.8. The van der Waals surface area contributed by atoms with E-state index < -0.39 is 31.3 Å². The predicted molar refractivity (Wildman–Crippen MR) is 147 cm³/mol. The van der Waals surface area contributed by atoms with Crippen molar-refractivity contribution in [2.24, 2.45) is 0 Å². The van der Waals surface area contributed by atoms with Gasteiger partial charge in [0.2, 0.25) is 0 Å². The maximum Gasteiger partial charge on any atom is 0.287 e. The molecule has 0 spiro atoms. The van der Waals surface area contributed by atoms with Crippen LogP contribution in [0.5, 0.6) is 0 Å². The summed E-state index contributed by atoms with van der Waals surface area (Å²) in [6.07, 6.45) is 3.20. The molecular formula is C27H36ClN5O5S. The van der Waals surface area contributed by atoms with Gasteiger partial charge < -0.3 is 25.2 Å². The van der Waals surface area contributed by atoms with E-state index >= 15 is 0 Å². The Morgan fingerprint density at radius 3 is 2.46 bits per heavy atom. The molecule has 0 bridgehead atoms. The largest absolute Gasteiger partial charge is 0.390 e. The number of carbonyl (C=O) groups excluding carboxylic acids is 2. The Morgan fingerprint density at radius 2 is 1.85 bits per heavy atom. The Labute approximate surface area is 234 Å². The Kier molecular flexibility index (Phi) is 7.10. The lowest BCUT2D eigenvalue weighted by Crippen LogP contribution is -2.57. The van der Waals surface area contributed by atoms with Crippen molar-refractivity contribution < 1.29 is 23.1 Å². The summed E-state index contributed by atoms with van der Waals surface area (Å²) in [7, 11) is -3.80. The number of aromatic nitrogens is 2. The number of fused-ring (bicyclic) bond motifs is 1. The molecule has 0 unspecified atom stereocenters. The van der Waals surface area contributed by atoms with Crippen LogP contribution in [0, 0.1) is 0 Å². The average Bonchev–Trinajstić information content (AvgIpc) is 3.80. The SMILES string of the molecule is CC1(NC[C@@H](O)C(C)(C)S(=O)(=O)C2(CN3CCn4c(cnc4C(=O)NCc4ccc(Cl)cc4)C3=O)CC2)CC1. The van der Waals surface area contributed by atoms with Gasteiger partial charge in [0, 0.05) is 43.3 Å². The number of halogens is 1. The topological polar surface area (TPSA) is 134 Å². The molecule has 3 aliphatic rings. The lowest BCUT2D eigenvalue weighted by Gasteiger charge is -2.38. The number of rotatable bonds is 11. The number of hydrogen-bond donors (Lipinski definition) is 3. The van der Waals surface area contributed by atoms with Gasteiger partial charge in [0.05, 0.1) is 21.8 Å². The number of benzene rings is 1. The molecule has 2 aromatic rings. The van der Waals surface area contributed by atoms with Gasteiger partial charge in [0.15, 0.2) is 15.7 Å². The first-order chi connectivity index (χ1) is 18.3. The minimum absolute atomic E-state index is 0.0210. The van der Waals surface area contributed by atoms with Crippen molar-refractivity contribution >= 4 is 33.3 Å². The van der Waals surface area contributed by atoms with Gasteiger partial charge in [-0.15, -0.1) is 0 Å². The molecule has 1 aliphatic heterocycles. The van der Waals surface area contributed by atoms with Crippen molar-refractivity contribution in [2.45, 2.75) is 80.7 Å². The normalized spacial score (nSPS) is 20.3. The molecule has 2 fully saturated rings. The molecule has 1 aromatic heterocycles. The van der Waals surface area contributed by atoms with E-state index in [9.17, 15) is 23.1 Å². The van der Waals surface area contributed by atoms with Crippen LogP contribution in [0.3, 0.4) is 0 Å². The lowest BCUT2D eigenvalue weighted by atomic mass is 10.1. The summed E-state index contributed by atoms with van der Waals surface area (Å²) in [6.45, 7) is 6.34. The Bertz CT molecular complexity index is 1380. The molecule has 2 aliphatic carbocycles. The van der Waals surface area contributed by atoms with Crippen molar-refractivity contribution in [3.05, 3.63) is 52.6 Å². The van der Waals surface area contributed by atoms with Gasteiger partial charge in [-0.1, -0.05) is 23.7 Å². The van der Waals surface area contributed by atoms with Gasteiger partial charge >= 0.3 is 0 Å². The van der Waals surface area contributed by atoms with E-state index in [4.69, 9.17) is 11.6 Å². The summed E-state index contributed by atoms with van der Waals surface area (Å²) >= 11 is 5.91. The van der Waals surface area contributed by atoms with Crippen LogP contribution in [0.15, 0.2) is 30.5 Å². The minimum Gasteiger partial charge on any atom is -0.390 e. The van der Waals surface area contributed by atoms with Crippen molar-refractivity contribution in [2.75, 3.05) is 19.6 Å². The van der Waals surface area contributed by atoms with Crippen LogP contribution in [-0.2, 0) is 22.9 Å². The zero-order valence-corrected chi connectivity index (χ0v) is 24.1. The molecule has 1 atom stereocenters. The van der Waals surface area contributed by atoms with Crippen LogP contribution in [0.2, 0.25) is 5.02 Å². The molecule has 12 heteroatoms. The molecule has 2 saturated carbocycles. The summed E-state index contributed by atoms with van der Waals surface area (Å²) in [5, 5.41) is 17.6. The van der Waals surface area contributed by atoms with Gasteiger partial charge in [0.25, 0.3) is 11.8 Å². The molecule has 3 N–H and O–H groups in total. The number of amides is 2. The number of β-amino-alcohol motifs (C(OH)–C–C–N with tert-alkyl or cyclic N) is 1. The molecule has 1 aromatic carbocycles. The first-order valence-electron chi connectivity index (χ1n) is 13.3. The van der Waals surface area contributed by atoms with E-state index in [1.54, 1.807) is 35.4 Å². The summed E-state index contributed by atoms with van der Waals surface area (Å²) in [5.41, 5.74) is 1.11. The van der Waals surface area contributed by atoms with Crippen LogP contribution in [0.4, 0.5) is 0 Å². The molecule has 0 saturated heterocycles. The van der Waals surface area contributed by atoms with Crippen LogP contribution in [0.25, 0.3) is 0 Å². The zero-order chi connectivity index (χ0) is 28.2. The summed E-state index contributed by atoms with van der Waals surface area (Å²) in [5.74, 6) is -0.612. The van der Waals surface area contributed by atoms with Gasteiger partial charge in [-0.05, 0) is 64.2 Å². The van der Waals surface area contributed by atoms with Crippen LogP contribution in [-0.4, -0.2) is 80.6 Å². The van der Waals surface area contributed by atoms with Gasteiger partial charge in [-0.2, -0.15) is 0 Å². The maximum absolute atomic E-state index is 13.8. The molecule has 2 heterocycles. The number of aliphatic hydroxyl groups excluding tert-OH is 1. The second kappa shape index (κ2) is 9.87. The minimum atomic E-state index is -3.80. The van der Waals surface area contributed by atoms with Crippen LogP contribution in [0.1, 0.15) is 73.1 Å². The number of hydrogen-bond acceptors (Lipinski definition) is 7. The Hall–Kier alpha value is -2.47. The highest BCUT2D eigenvalue weighted by Gasteiger charge is 2.62. The van der Waals surface area contributed by atoms with Gasteiger partial charge in [-0.25, -0.2) is 13.4 Å². The first kappa shape index (κ1) is 28.1. The number of carbonyl (C=O) groups is 2. The fraction of sp³-hybridized carbons (Fsp3) is 0.593. The van der Waals surface area contributed by atoms with Crippen molar-refractivity contribution in [3.63, 3.8) is 0 Å². The fourth-order valence-electron chi connectivity index (χ4n) is 5.14. The van der Waals surface area contributed by atoms with E-state index in [1.165, 1.54) is 6.20 Å². The third-order valence-electron chi connectivity index (χ3n) is 8.60. The number of nitrogens with zero attached hydrogens (tertiary/aromatic N) is 3. The standard InChI is InChI=1S/C27H36ClN5O5S/c1-25(2,21(34)16-31-26(3)8-9-26)39(37,38)27(10-11-27)17-32-12-13-33-20(24(32)36)15-29-22(33)23(35)30-14-18-4-6-19(28)7-5-18/h4-7,15,21,31,34H,8-14,16-17H2,1-3H3,(H,30,35)/t21-/m1/s1. The van der Waals surface area contributed by atoms with Crippen molar-refractivity contribution in [1.82, 2.24) is 25.1 Å². The second-order valence-corrected chi connectivity index (χ2v) is 15.3. The Morgan fingerprint density at radius 1 is 1.18 bits per heavy atom. The second-order valence-electron chi connectivity index (χ2n) is 11.9. The fourth-order valence-corrected chi connectivity index (χ4v) is 7.79. The molecular weight excluding hydrogens is 542 g/mol. The molecule has 39 heavy (non-hydrogen) atoms. The molecule has 10 nitrogen and oxygen atoms in total. The highest BCUT2D eigenvalue weighted by molar-refractivity contribution is 7.94. The third-order valence-corrected chi connectivity index (χ3v) is 12.2. The van der Waals surface area contributed by atoms with Crippen molar-refractivity contribution in [3.8, 4) is 0 Å². The summed E-state index contributed by atoms with van der Waals surface area (Å²) < 4.78 is 26.8. The highest BCUT2D eigenvalue weighted by atomic mass is 35.5. The van der Waals surface area contributed by atoms with Crippen molar-refractivity contribution in [1.29, 1.82) is 0 Å². The summed E-state index contributed by atoms with van der Waals surface area (Å²) in [4.78, 5) is 31.9. The van der Waals surface area contributed by atoms with E-state index in [0.29, 0.717) is 24.4 Å². The average molecular weight is 578 g/mol. The smallest absolute Gasteiger partial charge is 0.287 e. The first-order valence-corrected chi connectivity index (χ1v) is 15.2. The van der Waals surface area contributed by atoms with E-state index in [1.807, 2.05) is 12.1 Å². The van der Waals surface area contributed by atoms with Gasteiger partial charge in [-0.3, -0.25) is 9.59 Å². The summed E-state index contributed by atoms with van der Waals surface area (Å²) in [6, 6.07) is 7.12. The molecule has 0 radical (unpaired) electrons. The Balaban J connectivity index is 1.25. The number of sulfone groups is 1. The molecule has 5 rings (SSSR count). The van der Waals surface area contributed by atoms with E-state index in [2.05, 4.69) is 22.5 Å². The van der Waals surface area contributed by atoms with Crippen LogP contribution >= 0.6 is 11.6 Å². The molecule has 212 valence electrons. The third kappa shape index (κ3) is 5.21. The zero-order valence-electron chi connectivity index (χ0n) is 22.5. The predicted octanol–water partition coefficient (Wildman–Crippen LogP) is 2.15. The van der Waals surface area contributed by atoms with E-state index in [-0.39, 0.29) is 49.1 Å². The monoisotopic (exact) mass is 577 g/mol. The lowest BCUT2D eigenvalue weighted by molar-refractivity contribution is 0.0697. The number of imidazole rings is 1. The van der Waals surface area contributed by atoms with Crippen LogP contribution < -0.4 is 10.6 Å².